The highest BCUT2D eigenvalue weighted by molar-refractivity contribution is 6.31. The lowest BCUT2D eigenvalue weighted by Crippen LogP contribution is -2.49. The molecular formula is C33H23ClF6N6O3. The van der Waals surface area contributed by atoms with Gasteiger partial charge in [-0.25, -0.2) is 13.2 Å². The normalized spacial score (nSPS) is 16.1. The minimum atomic E-state index is -4.95. The van der Waals surface area contributed by atoms with E-state index in [0.29, 0.717) is 12.1 Å². The van der Waals surface area contributed by atoms with Crippen molar-refractivity contribution in [2.45, 2.75) is 18.8 Å². The van der Waals surface area contributed by atoms with Crippen LogP contribution in [0.1, 0.15) is 49.3 Å². The van der Waals surface area contributed by atoms with Crippen molar-refractivity contribution in [3.63, 3.8) is 0 Å². The molecule has 1 unspecified atom stereocenters. The molecule has 1 fully saturated rings. The van der Waals surface area contributed by atoms with Crippen LogP contribution < -0.4 is 15.5 Å². The molecule has 49 heavy (non-hydrogen) atoms. The van der Waals surface area contributed by atoms with Gasteiger partial charge >= 0.3 is 6.18 Å². The number of amides is 3. The molecule has 9 nitrogen and oxygen atoms in total. The summed E-state index contributed by atoms with van der Waals surface area (Å²) in [5.41, 5.74) is -1.78. The smallest absolute Gasteiger partial charge is 0.366 e. The van der Waals surface area contributed by atoms with Crippen molar-refractivity contribution in [2.75, 3.05) is 36.4 Å². The summed E-state index contributed by atoms with van der Waals surface area (Å²) in [5.74, 6) is -4.97. The van der Waals surface area contributed by atoms with Gasteiger partial charge in [-0.2, -0.15) is 18.4 Å². The van der Waals surface area contributed by atoms with Gasteiger partial charge in [-0.1, -0.05) is 11.6 Å². The van der Waals surface area contributed by atoms with Gasteiger partial charge in [0.05, 0.1) is 40.3 Å². The highest BCUT2D eigenvalue weighted by Gasteiger charge is 2.37. The minimum Gasteiger partial charge on any atom is -0.366 e. The molecule has 0 aliphatic carbocycles. The first-order valence-corrected chi connectivity index (χ1v) is 15.0. The number of halogens is 7. The number of piperazine rings is 1. The van der Waals surface area contributed by atoms with Crippen molar-refractivity contribution in [3.8, 4) is 6.07 Å². The van der Waals surface area contributed by atoms with Crippen molar-refractivity contribution < 1.29 is 40.7 Å². The summed E-state index contributed by atoms with van der Waals surface area (Å²) in [6.45, 7) is 0.193. The van der Waals surface area contributed by atoms with Crippen LogP contribution in [0.4, 0.5) is 37.7 Å². The van der Waals surface area contributed by atoms with Gasteiger partial charge in [-0.05, 0) is 60.7 Å². The van der Waals surface area contributed by atoms with Crippen molar-refractivity contribution in [1.82, 2.24) is 14.8 Å². The largest absolute Gasteiger partial charge is 0.416 e. The average molecular weight is 701 g/mol. The summed E-state index contributed by atoms with van der Waals surface area (Å²) in [6.07, 6.45) is -4.95. The summed E-state index contributed by atoms with van der Waals surface area (Å²) < 4.78 is 84.7. The molecular weight excluding hydrogens is 678 g/mol. The fraction of sp³-hybridized carbons (Fsp3) is 0.212. The summed E-state index contributed by atoms with van der Waals surface area (Å²) in [6, 6.07) is 10.6. The SMILES string of the molecule is N#Cc1ccc(N2CCN(C(=O)c3cc(NC(=O)c4cc(F)cc(C(F)(F)F)c4)c4n3CC(=O)NC4c3cc(F)ccc3Cl)CC2)c(F)c1. The summed E-state index contributed by atoms with van der Waals surface area (Å²) in [7, 11) is 0. The number of nitrogens with zero attached hydrogens (tertiary/aromatic N) is 4. The number of nitrogens with one attached hydrogen (secondary N) is 2. The molecule has 3 heterocycles. The van der Waals surface area contributed by atoms with Crippen LogP contribution >= 0.6 is 11.6 Å². The van der Waals surface area contributed by atoms with Crippen LogP contribution in [0.3, 0.4) is 0 Å². The Kier molecular flexibility index (Phi) is 8.76. The molecule has 16 heteroatoms. The van der Waals surface area contributed by atoms with E-state index in [1.165, 1.54) is 33.7 Å². The number of carbonyl (C=O) groups excluding carboxylic acids is 3. The molecule has 1 saturated heterocycles. The van der Waals surface area contributed by atoms with E-state index < -0.39 is 65.1 Å². The first kappa shape index (κ1) is 33.4. The molecule has 2 aliphatic heterocycles. The second-order valence-corrected chi connectivity index (χ2v) is 11.7. The molecule has 6 rings (SSSR count). The number of rotatable bonds is 5. The zero-order valence-corrected chi connectivity index (χ0v) is 25.8. The van der Waals surface area contributed by atoms with E-state index in [9.17, 15) is 40.7 Å². The quantitative estimate of drug-likeness (QED) is 0.253. The maximum absolute atomic E-state index is 14.7. The number of hydrogen-bond donors (Lipinski definition) is 2. The van der Waals surface area contributed by atoms with E-state index in [-0.39, 0.29) is 71.2 Å². The third kappa shape index (κ3) is 6.64. The minimum absolute atomic E-state index is 0.0256. The van der Waals surface area contributed by atoms with Crippen molar-refractivity contribution in [3.05, 3.63) is 117 Å². The molecule has 3 aromatic carbocycles. The van der Waals surface area contributed by atoms with Crippen molar-refractivity contribution in [2.24, 2.45) is 0 Å². The van der Waals surface area contributed by atoms with Gasteiger partial charge in [0, 0.05) is 42.3 Å². The van der Waals surface area contributed by atoms with E-state index >= 15 is 0 Å². The molecule has 0 radical (unpaired) electrons. The van der Waals surface area contributed by atoms with E-state index in [0.717, 1.165) is 18.2 Å². The number of anilines is 2. The van der Waals surface area contributed by atoms with Crippen molar-refractivity contribution in [1.29, 1.82) is 5.26 Å². The van der Waals surface area contributed by atoms with Crippen LogP contribution in [-0.4, -0.2) is 53.4 Å². The van der Waals surface area contributed by atoms with Crippen LogP contribution in [0, 0.1) is 28.8 Å². The van der Waals surface area contributed by atoms with Gasteiger partial charge in [0.2, 0.25) is 5.91 Å². The van der Waals surface area contributed by atoms with Gasteiger partial charge in [0.15, 0.2) is 0 Å². The monoisotopic (exact) mass is 700 g/mol. The van der Waals surface area contributed by atoms with Gasteiger partial charge in [-0.3, -0.25) is 14.4 Å². The Morgan fingerprint density at radius 2 is 1.67 bits per heavy atom. The number of nitriles is 1. The molecule has 2 N–H and O–H groups in total. The molecule has 2 aliphatic rings. The summed E-state index contributed by atoms with van der Waals surface area (Å²) >= 11 is 6.37. The fourth-order valence-corrected chi connectivity index (χ4v) is 6.15. The zero-order valence-electron chi connectivity index (χ0n) is 25.0. The summed E-state index contributed by atoms with van der Waals surface area (Å²) in [4.78, 5) is 43.4. The Bertz CT molecular complexity index is 2050. The van der Waals surface area contributed by atoms with E-state index in [4.69, 9.17) is 16.9 Å². The lowest BCUT2D eigenvalue weighted by atomic mass is 10.0. The summed E-state index contributed by atoms with van der Waals surface area (Å²) in [5, 5.41) is 14.2. The Balaban J connectivity index is 1.36. The first-order chi connectivity index (χ1) is 23.2. The fourth-order valence-electron chi connectivity index (χ4n) is 5.93. The number of aromatic nitrogens is 1. The molecule has 252 valence electrons. The second kappa shape index (κ2) is 12.8. The van der Waals surface area contributed by atoms with E-state index in [1.807, 2.05) is 6.07 Å². The lowest BCUT2D eigenvalue weighted by molar-refractivity contribution is -0.137. The van der Waals surface area contributed by atoms with Crippen LogP contribution in [-0.2, 0) is 17.5 Å². The maximum atomic E-state index is 14.7. The van der Waals surface area contributed by atoms with Crippen molar-refractivity contribution >= 4 is 40.7 Å². The van der Waals surface area contributed by atoms with Crippen LogP contribution in [0.25, 0.3) is 0 Å². The van der Waals surface area contributed by atoms with E-state index in [1.54, 1.807) is 4.90 Å². The van der Waals surface area contributed by atoms with Crippen LogP contribution in [0.2, 0.25) is 5.02 Å². The number of alkyl halides is 3. The topological polar surface area (TPSA) is 110 Å². The predicted molar refractivity (Wildman–Crippen MR) is 164 cm³/mol. The highest BCUT2D eigenvalue weighted by atomic mass is 35.5. The molecule has 3 amide bonds. The maximum Gasteiger partial charge on any atom is 0.416 e. The molecule has 0 bridgehead atoms. The standard InChI is InChI=1S/C33H23ClF6N6O3/c34-23-3-2-20(35)13-22(23)29-30-25(42-31(48)18-10-19(33(38,39)40)12-21(36)11-18)14-27(46(30)16-28(47)43-29)32(49)45-7-5-44(6-8-45)26-4-1-17(15-41)9-24(26)37/h1-4,9-14,29H,5-8,16H2,(H,42,48)(H,43,47). The highest BCUT2D eigenvalue weighted by Crippen LogP contribution is 2.38. The van der Waals surface area contributed by atoms with Gasteiger partial charge in [0.1, 0.15) is 29.7 Å². The zero-order chi connectivity index (χ0) is 35.2. The third-order valence-corrected chi connectivity index (χ3v) is 8.57. The number of benzene rings is 3. The number of fused-ring (bicyclic) bond motifs is 1. The molecule has 0 saturated carbocycles. The second-order valence-electron chi connectivity index (χ2n) is 11.3. The van der Waals surface area contributed by atoms with E-state index in [2.05, 4.69) is 10.6 Å². The Labute approximate surface area is 279 Å². The Morgan fingerprint density at radius 3 is 2.35 bits per heavy atom. The molecule has 4 aromatic rings. The molecule has 1 aromatic heterocycles. The lowest BCUT2D eigenvalue weighted by Gasteiger charge is -2.36. The molecule has 1 atom stereocenters. The Hall–Kier alpha value is -5.49. The van der Waals surface area contributed by atoms with Crippen LogP contribution in [0.5, 0.6) is 0 Å². The average Bonchev–Trinajstić information content (AvgIpc) is 3.42. The third-order valence-electron chi connectivity index (χ3n) is 8.23. The molecule has 0 spiro atoms. The number of hydrogen-bond acceptors (Lipinski definition) is 5. The van der Waals surface area contributed by atoms with Gasteiger partial charge in [0.25, 0.3) is 11.8 Å². The number of carbonyl (C=O) groups is 3. The van der Waals surface area contributed by atoms with Crippen LogP contribution in [0.15, 0.2) is 60.7 Å². The van der Waals surface area contributed by atoms with Gasteiger partial charge in [-0.15, -0.1) is 0 Å². The first-order valence-electron chi connectivity index (χ1n) is 14.6. The van der Waals surface area contributed by atoms with Gasteiger partial charge < -0.3 is 25.0 Å². The predicted octanol–water partition coefficient (Wildman–Crippen LogP) is 5.88. The Morgan fingerprint density at radius 1 is 0.939 bits per heavy atom.